The lowest BCUT2D eigenvalue weighted by Gasteiger charge is -2.26. The van der Waals surface area contributed by atoms with Gasteiger partial charge in [-0.2, -0.15) is 0 Å². The average Bonchev–Trinajstić information content (AvgIpc) is 2.62. The van der Waals surface area contributed by atoms with Gasteiger partial charge in [0.25, 0.3) is 0 Å². The topological polar surface area (TPSA) is 46.5 Å². The van der Waals surface area contributed by atoms with Crippen molar-refractivity contribution in [2.45, 2.75) is 57.7 Å². The molecule has 1 aliphatic rings. The van der Waals surface area contributed by atoms with Gasteiger partial charge in [0.2, 0.25) is 0 Å². The van der Waals surface area contributed by atoms with E-state index in [0.29, 0.717) is 24.2 Å². The number of Topliss-reactive ketones (excluding diaryl/α,β-unsaturated/α-hetero) is 1. The molecule has 0 aromatic heterocycles. The number of ether oxygens (including phenoxy) is 1. The van der Waals surface area contributed by atoms with Crippen molar-refractivity contribution in [2.24, 2.45) is 0 Å². The van der Waals surface area contributed by atoms with E-state index in [1.54, 1.807) is 30.4 Å². The average molecular weight is 328 g/mol. The lowest BCUT2D eigenvalue weighted by molar-refractivity contribution is -0.165. The van der Waals surface area contributed by atoms with Crippen LogP contribution in [0.4, 0.5) is 0 Å². The van der Waals surface area contributed by atoms with Gasteiger partial charge in [0.15, 0.2) is 11.6 Å². The minimum atomic E-state index is -1.27. The first-order valence-electron chi connectivity index (χ1n) is 9.00. The molecule has 1 atom stereocenters. The van der Waals surface area contributed by atoms with E-state index < -0.39 is 5.79 Å². The third kappa shape index (κ3) is 5.73. The van der Waals surface area contributed by atoms with Crippen molar-refractivity contribution in [1.29, 1.82) is 0 Å². The maximum Gasteiger partial charge on any atom is 0.192 e. The number of hydrogen-bond acceptors (Lipinski definition) is 3. The summed E-state index contributed by atoms with van der Waals surface area (Å²) in [4.78, 5) is 12.4. The van der Waals surface area contributed by atoms with E-state index in [2.05, 4.69) is 6.92 Å². The number of hydrogen-bond donors (Lipinski definition) is 1. The van der Waals surface area contributed by atoms with Crippen molar-refractivity contribution >= 4 is 5.78 Å². The zero-order valence-corrected chi connectivity index (χ0v) is 14.5. The Morgan fingerprint density at radius 3 is 2.50 bits per heavy atom. The van der Waals surface area contributed by atoms with Gasteiger partial charge in [0.05, 0.1) is 6.61 Å². The van der Waals surface area contributed by atoms with Gasteiger partial charge in [-0.15, -0.1) is 0 Å². The van der Waals surface area contributed by atoms with Crippen molar-refractivity contribution in [3.8, 4) is 0 Å². The summed E-state index contributed by atoms with van der Waals surface area (Å²) in [5.41, 5.74) is 1.26. The number of carbonyl (C=O) groups excluding carboxylic acids is 1. The van der Waals surface area contributed by atoms with Crippen LogP contribution < -0.4 is 0 Å². The molecule has 0 saturated carbocycles. The first-order chi connectivity index (χ1) is 11.6. The summed E-state index contributed by atoms with van der Waals surface area (Å²) in [6.45, 7) is 2.75. The second-order valence-electron chi connectivity index (χ2n) is 6.35. The minimum absolute atomic E-state index is 0.0233. The van der Waals surface area contributed by atoms with Crippen molar-refractivity contribution < 1.29 is 14.6 Å². The Labute approximate surface area is 145 Å². The number of carbonyl (C=O) groups is 1. The smallest absolute Gasteiger partial charge is 0.192 e. The number of rotatable bonds is 10. The molecule has 130 valence electrons. The maximum atomic E-state index is 12.4. The summed E-state index contributed by atoms with van der Waals surface area (Å²) < 4.78 is 5.62. The second-order valence-corrected chi connectivity index (χ2v) is 6.35. The van der Waals surface area contributed by atoms with Crippen LogP contribution in [0.1, 0.15) is 62.2 Å². The van der Waals surface area contributed by atoms with Crippen LogP contribution in [0.3, 0.4) is 0 Å². The van der Waals surface area contributed by atoms with Crippen LogP contribution in [0.15, 0.2) is 54.1 Å². The first-order valence-corrected chi connectivity index (χ1v) is 9.00. The van der Waals surface area contributed by atoms with Crippen LogP contribution in [0.25, 0.3) is 0 Å². The molecule has 1 N–H and O–H groups in total. The molecular weight excluding hydrogens is 300 g/mol. The molecule has 0 saturated heterocycles. The van der Waals surface area contributed by atoms with Crippen molar-refractivity contribution in [1.82, 2.24) is 0 Å². The number of unbranched alkanes of at least 4 members (excludes halogenated alkanes) is 5. The van der Waals surface area contributed by atoms with Gasteiger partial charge in [0, 0.05) is 17.6 Å². The van der Waals surface area contributed by atoms with Gasteiger partial charge >= 0.3 is 0 Å². The van der Waals surface area contributed by atoms with Gasteiger partial charge < -0.3 is 9.84 Å². The molecule has 1 aromatic carbocycles. The summed E-state index contributed by atoms with van der Waals surface area (Å²) in [7, 11) is 0. The van der Waals surface area contributed by atoms with Crippen LogP contribution in [-0.2, 0) is 4.74 Å². The van der Waals surface area contributed by atoms with Crippen LogP contribution >= 0.6 is 0 Å². The highest BCUT2D eigenvalue weighted by Crippen LogP contribution is 2.24. The second kappa shape index (κ2) is 9.55. The number of aliphatic hydroxyl groups is 1. The summed E-state index contributed by atoms with van der Waals surface area (Å²) in [6.07, 6.45) is 12.5. The normalized spacial score (nSPS) is 20.0. The summed E-state index contributed by atoms with van der Waals surface area (Å²) in [5, 5.41) is 10.4. The molecule has 3 heteroatoms. The Morgan fingerprint density at radius 2 is 1.83 bits per heavy atom. The fourth-order valence-corrected chi connectivity index (χ4v) is 2.78. The Balaban J connectivity index is 1.75. The quantitative estimate of drug-likeness (QED) is 0.380. The minimum Gasteiger partial charge on any atom is -0.362 e. The Hall–Kier alpha value is -1.71. The van der Waals surface area contributed by atoms with Crippen LogP contribution in [0, 0.1) is 0 Å². The molecule has 0 fully saturated rings. The SMILES string of the molecule is CCCCCCCCOC1(O)C=CC(C(=O)c2ccccc2)=CC1. The number of ketones is 1. The zero-order chi connectivity index (χ0) is 17.3. The molecule has 0 aliphatic heterocycles. The summed E-state index contributed by atoms with van der Waals surface area (Å²) in [5.74, 6) is -1.30. The molecule has 0 radical (unpaired) electrons. The largest absolute Gasteiger partial charge is 0.362 e. The van der Waals surface area contributed by atoms with E-state index in [1.165, 1.54) is 25.7 Å². The van der Waals surface area contributed by atoms with E-state index in [0.717, 1.165) is 12.8 Å². The maximum absolute atomic E-state index is 12.4. The molecule has 0 heterocycles. The molecule has 2 rings (SSSR count). The van der Waals surface area contributed by atoms with E-state index >= 15 is 0 Å². The Morgan fingerprint density at radius 1 is 1.12 bits per heavy atom. The predicted molar refractivity (Wildman–Crippen MR) is 96.9 cm³/mol. The van der Waals surface area contributed by atoms with Crippen molar-refractivity contribution in [2.75, 3.05) is 6.61 Å². The van der Waals surface area contributed by atoms with E-state index in [1.807, 2.05) is 18.2 Å². The molecule has 24 heavy (non-hydrogen) atoms. The molecule has 1 aliphatic carbocycles. The van der Waals surface area contributed by atoms with Crippen LogP contribution in [0.5, 0.6) is 0 Å². The highest BCUT2D eigenvalue weighted by Gasteiger charge is 2.27. The third-order valence-electron chi connectivity index (χ3n) is 4.29. The van der Waals surface area contributed by atoms with Gasteiger partial charge in [-0.3, -0.25) is 4.79 Å². The molecule has 0 spiro atoms. The van der Waals surface area contributed by atoms with E-state index in [4.69, 9.17) is 4.74 Å². The fourth-order valence-electron chi connectivity index (χ4n) is 2.78. The monoisotopic (exact) mass is 328 g/mol. The summed E-state index contributed by atoms with van der Waals surface area (Å²) >= 11 is 0. The van der Waals surface area contributed by atoms with Crippen molar-refractivity contribution in [3.63, 3.8) is 0 Å². The van der Waals surface area contributed by atoms with Crippen LogP contribution in [0.2, 0.25) is 0 Å². The highest BCUT2D eigenvalue weighted by molar-refractivity contribution is 6.10. The molecular formula is C21H28O3. The van der Waals surface area contributed by atoms with Gasteiger partial charge in [-0.1, -0.05) is 81.5 Å². The van der Waals surface area contributed by atoms with E-state index in [-0.39, 0.29) is 5.78 Å². The number of benzene rings is 1. The van der Waals surface area contributed by atoms with Crippen LogP contribution in [-0.4, -0.2) is 23.3 Å². The highest BCUT2D eigenvalue weighted by atomic mass is 16.6. The molecule has 1 unspecified atom stereocenters. The molecule has 0 amide bonds. The fraction of sp³-hybridized carbons (Fsp3) is 0.476. The predicted octanol–water partition coefficient (Wildman–Crippen LogP) is 4.82. The first kappa shape index (κ1) is 18.6. The lowest BCUT2D eigenvalue weighted by Crippen LogP contribution is -2.31. The van der Waals surface area contributed by atoms with E-state index in [9.17, 15) is 9.90 Å². The molecule has 3 nitrogen and oxygen atoms in total. The van der Waals surface area contributed by atoms with Crippen molar-refractivity contribution in [3.05, 3.63) is 59.7 Å². The molecule has 0 bridgehead atoms. The Kier molecular flexibility index (Phi) is 7.41. The van der Waals surface area contributed by atoms with Gasteiger partial charge in [-0.05, 0) is 12.5 Å². The van der Waals surface area contributed by atoms with Gasteiger partial charge in [-0.25, -0.2) is 0 Å². The third-order valence-corrected chi connectivity index (χ3v) is 4.29. The standard InChI is InChI=1S/C21H28O3/c1-2-3-4-5-6-10-17-24-21(23)15-13-19(14-16-21)20(22)18-11-8-7-9-12-18/h7-9,11-15,23H,2-6,10,16-17H2,1H3. The number of allylic oxidation sites excluding steroid dienone is 2. The lowest BCUT2D eigenvalue weighted by atomic mass is 9.95. The molecule has 1 aromatic rings. The Bertz CT molecular complexity index is 574. The van der Waals surface area contributed by atoms with Gasteiger partial charge in [0.1, 0.15) is 0 Å². The summed E-state index contributed by atoms with van der Waals surface area (Å²) in [6, 6.07) is 9.18. The zero-order valence-electron chi connectivity index (χ0n) is 14.5.